The van der Waals surface area contributed by atoms with Crippen LogP contribution in [-0.4, -0.2) is 0 Å². The second kappa shape index (κ2) is 4.76. The van der Waals surface area contributed by atoms with Gasteiger partial charge in [0.05, 0.1) is 5.03 Å². The van der Waals surface area contributed by atoms with Crippen molar-refractivity contribution in [2.24, 2.45) is 5.92 Å². The zero-order chi connectivity index (χ0) is 8.97. The highest BCUT2D eigenvalue weighted by Crippen LogP contribution is 2.20. The SMILES string of the molecule is ClC(Cl)=C(Cl)C=CC1C=CC=C1. The largest absolute Gasteiger partial charge is 0.125 e. The highest BCUT2D eigenvalue weighted by Gasteiger charge is 1.98. The van der Waals surface area contributed by atoms with E-state index >= 15 is 0 Å². The van der Waals surface area contributed by atoms with E-state index in [0.29, 0.717) is 11.0 Å². The van der Waals surface area contributed by atoms with Gasteiger partial charge in [-0.15, -0.1) is 0 Å². The predicted octanol–water partition coefficient (Wildman–Crippen LogP) is 4.17. The van der Waals surface area contributed by atoms with E-state index < -0.39 is 0 Å². The predicted molar refractivity (Wildman–Crippen MR) is 55.5 cm³/mol. The van der Waals surface area contributed by atoms with Gasteiger partial charge in [0.1, 0.15) is 4.49 Å². The van der Waals surface area contributed by atoms with Gasteiger partial charge in [-0.1, -0.05) is 65.2 Å². The second-order valence-corrected chi connectivity index (χ2v) is 3.67. The molecule has 0 aromatic rings. The Balaban J connectivity index is 2.56. The third kappa shape index (κ3) is 3.06. The zero-order valence-electron chi connectivity index (χ0n) is 6.18. The molecule has 0 saturated heterocycles. The van der Waals surface area contributed by atoms with E-state index in [1.807, 2.05) is 30.4 Å². The van der Waals surface area contributed by atoms with Crippen LogP contribution in [-0.2, 0) is 0 Å². The van der Waals surface area contributed by atoms with Gasteiger partial charge in [-0.25, -0.2) is 0 Å². The lowest BCUT2D eigenvalue weighted by Gasteiger charge is -1.94. The van der Waals surface area contributed by atoms with Crippen LogP contribution in [0.4, 0.5) is 0 Å². The van der Waals surface area contributed by atoms with Crippen LogP contribution in [0, 0.1) is 5.92 Å². The monoisotopic (exact) mass is 220 g/mol. The molecule has 0 aliphatic heterocycles. The van der Waals surface area contributed by atoms with Crippen LogP contribution in [0.1, 0.15) is 0 Å². The van der Waals surface area contributed by atoms with Crippen LogP contribution in [0.5, 0.6) is 0 Å². The van der Waals surface area contributed by atoms with Crippen LogP contribution in [0.3, 0.4) is 0 Å². The molecule has 0 aromatic carbocycles. The van der Waals surface area contributed by atoms with Gasteiger partial charge in [0.2, 0.25) is 0 Å². The minimum atomic E-state index is 0.0962. The van der Waals surface area contributed by atoms with Crippen molar-refractivity contribution in [3.63, 3.8) is 0 Å². The quantitative estimate of drug-likeness (QED) is 0.614. The van der Waals surface area contributed by atoms with E-state index in [2.05, 4.69) is 0 Å². The van der Waals surface area contributed by atoms with Gasteiger partial charge in [0.15, 0.2) is 0 Å². The number of allylic oxidation sites excluding steroid dienone is 7. The molecular weight excluding hydrogens is 214 g/mol. The molecule has 1 aliphatic carbocycles. The molecule has 12 heavy (non-hydrogen) atoms. The Morgan fingerprint density at radius 1 is 1.08 bits per heavy atom. The molecule has 0 N–H and O–H groups in total. The summed E-state index contributed by atoms with van der Waals surface area (Å²) >= 11 is 16.6. The highest BCUT2D eigenvalue weighted by atomic mass is 35.5. The maximum Gasteiger partial charge on any atom is 0.125 e. The molecule has 0 aromatic heterocycles. The molecule has 0 radical (unpaired) electrons. The summed E-state index contributed by atoms with van der Waals surface area (Å²) in [7, 11) is 0. The molecule has 0 atom stereocenters. The first-order chi connectivity index (χ1) is 5.70. The average Bonchev–Trinajstić information content (AvgIpc) is 2.51. The first-order valence-electron chi connectivity index (χ1n) is 3.44. The molecule has 1 aliphatic rings. The molecular formula is C9H7Cl3. The van der Waals surface area contributed by atoms with Crippen molar-refractivity contribution in [3.8, 4) is 0 Å². The summed E-state index contributed by atoms with van der Waals surface area (Å²) in [6.07, 6.45) is 11.7. The van der Waals surface area contributed by atoms with Gasteiger partial charge in [-0.3, -0.25) is 0 Å². The van der Waals surface area contributed by atoms with Crippen LogP contribution in [0.2, 0.25) is 0 Å². The molecule has 0 fully saturated rings. The van der Waals surface area contributed by atoms with E-state index in [1.54, 1.807) is 6.08 Å². The standard InChI is InChI=1S/C9H7Cl3/c10-8(9(11)12)6-5-7-3-1-2-4-7/h1-7H. The topological polar surface area (TPSA) is 0 Å². The summed E-state index contributed by atoms with van der Waals surface area (Å²) in [5, 5.41) is 0.368. The maximum absolute atomic E-state index is 5.67. The maximum atomic E-state index is 5.67. The molecule has 0 heterocycles. The Bertz CT molecular complexity index is 255. The molecule has 0 unspecified atom stereocenters. The summed E-state index contributed by atoms with van der Waals surface area (Å²) in [5.74, 6) is 0.312. The minimum Gasteiger partial charge on any atom is -0.0817 e. The van der Waals surface area contributed by atoms with Crippen LogP contribution < -0.4 is 0 Å². The van der Waals surface area contributed by atoms with E-state index in [9.17, 15) is 0 Å². The third-order valence-electron chi connectivity index (χ3n) is 1.42. The summed E-state index contributed by atoms with van der Waals surface area (Å²) in [5.41, 5.74) is 0. The normalized spacial score (nSPS) is 16.2. The van der Waals surface area contributed by atoms with Crippen LogP contribution in [0.25, 0.3) is 0 Å². The third-order valence-corrected chi connectivity index (χ3v) is 2.34. The number of halogens is 3. The van der Waals surface area contributed by atoms with Gasteiger partial charge in [-0.05, 0) is 6.08 Å². The number of rotatable bonds is 2. The van der Waals surface area contributed by atoms with Gasteiger partial charge in [0, 0.05) is 5.92 Å². The lowest BCUT2D eigenvalue weighted by Crippen LogP contribution is -1.80. The van der Waals surface area contributed by atoms with E-state index in [1.165, 1.54) is 0 Å². The number of hydrogen-bond donors (Lipinski definition) is 0. The summed E-state index contributed by atoms with van der Waals surface area (Å²) in [6.45, 7) is 0. The van der Waals surface area contributed by atoms with E-state index in [4.69, 9.17) is 34.8 Å². The first kappa shape index (κ1) is 9.91. The van der Waals surface area contributed by atoms with Gasteiger partial charge >= 0.3 is 0 Å². The molecule has 0 saturated carbocycles. The van der Waals surface area contributed by atoms with Crippen LogP contribution >= 0.6 is 34.8 Å². The van der Waals surface area contributed by atoms with Crippen molar-refractivity contribution in [2.45, 2.75) is 0 Å². The van der Waals surface area contributed by atoms with Gasteiger partial charge in [-0.2, -0.15) is 0 Å². The lowest BCUT2D eigenvalue weighted by molar-refractivity contribution is 1.09. The van der Waals surface area contributed by atoms with E-state index in [-0.39, 0.29) is 4.49 Å². The summed E-state index contributed by atoms with van der Waals surface area (Å²) < 4.78 is 0.0962. The fourth-order valence-corrected chi connectivity index (χ4v) is 1.03. The van der Waals surface area contributed by atoms with Crippen LogP contribution in [0.15, 0.2) is 46.0 Å². The van der Waals surface area contributed by atoms with Crippen molar-refractivity contribution in [2.75, 3.05) is 0 Å². The molecule has 0 amide bonds. The van der Waals surface area contributed by atoms with Crippen molar-refractivity contribution in [1.29, 1.82) is 0 Å². The lowest BCUT2D eigenvalue weighted by atomic mass is 10.1. The molecule has 3 heteroatoms. The smallest absolute Gasteiger partial charge is 0.0817 e. The Labute approximate surface area is 86.8 Å². The summed E-state index contributed by atoms with van der Waals surface area (Å²) in [4.78, 5) is 0. The molecule has 0 spiro atoms. The fourth-order valence-electron chi connectivity index (χ4n) is 0.836. The summed E-state index contributed by atoms with van der Waals surface area (Å²) in [6, 6.07) is 0. The Kier molecular flexibility index (Phi) is 3.93. The van der Waals surface area contributed by atoms with Gasteiger partial charge in [0.25, 0.3) is 0 Å². The van der Waals surface area contributed by atoms with E-state index in [0.717, 1.165) is 0 Å². The number of hydrogen-bond acceptors (Lipinski definition) is 0. The van der Waals surface area contributed by atoms with Crippen molar-refractivity contribution < 1.29 is 0 Å². The molecule has 0 nitrogen and oxygen atoms in total. The van der Waals surface area contributed by atoms with Crippen molar-refractivity contribution in [3.05, 3.63) is 46.0 Å². The second-order valence-electron chi connectivity index (χ2n) is 2.31. The average molecular weight is 222 g/mol. The Morgan fingerprint density at radius 2 is 1.67 bits per heavy atom. The molecule has 1 rings (SSSR count). The fraction of sp³-hybridized carbons (Fsp3) is 0.111. The van der Waals surface area contributed by atoms with Crippen molar-refractivity contribution >= 4 is 34.8 Å². The first-order valence-corrected chi connectivity index (χ1v) is 4.57. The minimum absolute atomic E-state index is 0.0962. The Hall–Kier alpha value is -0.170. The zero-order valence-corrected chi connectivity index (χ0v) is 8.44. The molecule has 0 bridgehead atoms. The molecule has 64 valence electrons. The Morgan fingerprint density at radius 3 is 2.17 bits per heavy atom. The van der Waals surface area contributed by atoms with Crippen molar-refractivity contribution in [1.82, 2.24) is 0 Å². The van der Waals surface area contributed by atoms with Gasteiger partial charge < -0.3 is 0 Å². The highest BCUT2D eigenvalue weighted by molar-refractivity contribution is 6.59.